The van der Waals surface area contributed by atoms with Crippen molar-refractivity contribution < 1.29 is 5.11 Å². The molecule has 0 aliphatic carbocycles. The van der Waals surface area contributed by atoms with Crippen molar-refractivity contribution in [3.05, 3.63) is 64.7 Å². The first-order valence-corrected chi connectivity index (χ1v) is 7.63. The summed E-state index contributed by atoms with van der Waals surface area (Å²) in [4.78, 5) is 1.32. The highest BCUT2D eigenvalue weighted by atomic mass is 32.2. The number of hydrogen-bond donors (Lipinski definition) is 1. The largest absolute Gasteiger partial charge is 0.388 e. The molecule has 0 saturated heterocycles. The van der Waals surface area contributed by atoms with Gasteiger partial charge in [0.1, 0.15) is 0 Å². The molecule has 1 N–H and O–H groups in total. The van der Waals surface area contributed by atoms with Crippen molar-refractivity contribution in [1.82, 2.24) is 0 Å². The predicted octanol–water partition coefficient (Wildman–Crippen LogP) is 4.23. The van der Waals surface area contributed by atoms with Crippen LogP contribution in [-0.2, 0) is 0 Å². The second-order valence-electron chi connectivity index (χ2n) is 5.19. The SMILES string of the molecule is Cc1cccc(C(O)C2CSc3ccccc32)c1C. The highest BCUT2D eigenvalue weighted by molar-refractivity contribution is 7.99. The van der Waals surface area contributed by atoms with Crippen LogP contribution < -0.4 is 0 Å². The summed E-state index contributed by atoms with van der Waals surface area (Å²) in [5, 5.41) is 10.8. The van der Waals surface area contributed by atoms with E-state index in [1.165, 1.54) is 21.6 Å². The van der Waals surface area contributed by atoms with Gasteiger partial charge in [-0.05, 0) is 42.2 Å². The molecule has 0 aromatic heterocycles. The number of thioether (sulfide) groups is 1. The quantitative estimate of drug-likeness (QED) is 0.881. The van der Waals surface area contributed by atoms with Crippen LogP contribution in [0.15, 0.2) is 47.4 Å². The second kappa shape index (κ2) is 5.03. The van der Waals surface area contributed by atoms with Crippen LogP contribution in [0.5, 0.6) is 0 Å². The molecule has 2 aromatic carbocycles. The Morgan fingerprint density at radius 2 is 1.89 bits per heavy atom. The maximum Gasteiger partial charge on any atom is 0.0869 e. The summed E-state index contributed by atoms with van der Waals surface area (Å²) in [6.07, 6.45) is -0.406. The van der Waals surface area contributed by atoms with Crippen LogP contribution in [0.4, 0.5) is 0 Å². The average molecular weight is 270 g/mol. The van der Waals surface area contributed by atoms with E-state index in [0.717, 1.165) is 11.3 Å². The zero-order chi connectivity index (χ0) is 13.4. The van der Waals surface area contributed by atoms with E-state index in [-0.39, 0.29) is 5.92 Å². The van der Waals surface area contributed by atoms with E-state index < -0.39 is 6.10 Å². The lowest BCUT2D eigenvalue weighted by Crippen LogP contribution is -2.12. The smallest absolute Gasteiger partial charge is 0.0869 e. The minimum atomic E-state index is -0.406. The molecule has 1 heterocycles. The van der Waals surface area contributed by atoms with Gasteiger partial charge >= 0.3 is 0 Å². The van der Waals surface area contributed by atoms with Crippen LogP contribution in [0, 0.1) is 13.8 Å². The molecule has 2 atom stereocenters. The maximum absolute atomic E-state index is 10.8. The van der Waals surface area contributed by atoms with Crippen LogP contribution in [0.25, 0.3) is 0 Å². The Bertz CT molecular complexity index is 606. The van der Waals surface area contributed by atoms with Gasteiger partial charge in [-0.2, -0.15) is 0 Å². The summed E-state index contributed by atoms with van der Waals surface area (Å²) in [6.45, 7) is 4.20. The van der Waals surface area contributed by atoms with Crippen LogP contribution in [0.3, 0.4) is 0 Å². The van der Waals surface area contributed by atoms with E-state index in [9.17, 15) is 5.11 Å². The molecule has 0 fully saturated rings. The minimum Gasteiger partial charge on any atom is -0.388 e. The number of fused-ring (bicyclic) bond motifs is 1. The van der Waals surface area contributed by atoms with E-state index in [1.54, 1.807) is 0 Å². The van der Waals surface area contributed by atoms with Gasteiger partial charge in [-0.3, -0.25) is 0 Å². The Morgan fingerprint density at radius 1 is 1.11 bits per heavy atom. The third kappa shape index (κ3) is 2.19. The van der Waals surface area contributed by atoms with Crippen molar-refractivity contribution in [2.75, 3.05) is 5.75 Å². The van der Waals surface area contributed by atoms with Crippen molar-refractivity contribution in [1.29, 1.82) is 0 Å². The predicted molar refractivity (Wildman–Crippen MR) is 80.8 cm³/mol. The standard InChI is InChI=1S/C17H18OS/c1-11-6-5-8-13(12(11)2)17(18)15-10-19-16-9-4-3-7-14(15)16/h3-9,15,17-18H,10H2,1-2H3. The van der Waals surface area contributed by atoms with Crippen molar-refractivity contribution in [2.45, 2.75) is 30.8 Å². The van der Waals surface area contributed by atoms with Crippen molar-refractivity contribution in [2.24, 2.45) is 0 Å². The van der Waals surface area contributed by atoms with Crippen LogP contribution in [-0.4, -0.2) is 10.9 Å². The summed E-state index contributed by atoms with van der Waals surface area (Å²) in [6, 6.07) is 14.6. The van der Waals surface area contributed by atoms with Gasteiger partial charge < -0.3 is 5.11 Å². The molecule has 98 valence electrons. The van der Waals surface area contributed by atoms with E-state index in [1.807, 2.05) is 17.8 Å². The van der Waals surface area contributed by atoms with E-state index >= 15 is 0 Å². The molecule has 0 amide bonds. The number of hydrogen-bond acceptors (Lipinski definition) is 2. The molecular formula is C17H18OS. The van der Waals surface area contributed by atoms with Gasteiger partial charge in [0.25, 0.3) is 0 Å². The van der Waals surface area contributed by atoms with Gasteiger partial charge in [0.15, 0.2) is 0 Å². The first-order valence-electron chi connectivity index (χ1n) is 6.64. The topological polar surface area (TPSA) is 20.2 Å². The van der Waals surface area contributed by atoms with E-state index in [4.69, 9.17) is 0 Å². The fourth-order valence-electron chi connectivity index (χ4n) is 2.76. The molecule has 0 spiro atoms. The fourth-order valence-corrected chi connectivity index (χ4v) is 4.04. The molecule has 0 bridgehead atoms. The lowest BCUT2D eigenvalue weighted by molar-refractivity contribution is 0.153. The van der Waals surface area contributed by atoms with Crippen LogP contribution in [0.2, 0.25) is 0 Å². The first-order chi connectivity index (χ1) is 9.18. The van der Waals surface area contributed by atoms with E-state index in [0.29, 0.717) is 0 Å². The zero-order valence-corrected chi connectivity index (χ0v) is 12.1. The summed E-state index contributed by atoms with van der Waals surface area (Å²) in [5.74, 6) is 1.18. The van der Waals surface area contributed by atoms with Gasteiger partial charge in [0, 0.05) is 16.6 Å². The molecule has 3 rings (SSSR count). The van der Waals surface area contributed by atoms with Gasteiger partial charge in [0.05, 0.1) is 6.10 Å². The number of benzene rings is 2. The molecule has 2 aromatic rings. The Morgan fingerprint density at radius 3 is 2.74 bits per heavy atom. The van der Waals surface area contributed by atoms with E-state index in [2.05, 4.69) is 50.2 Å². The highest BCUT2D eigenvalue weighted by Gasteiger charge is 2.30. The Labute approximate surface area is 118 Å². The van der Waals surface area contributed by atoms with Gasteiger partial charge in [0.2, 0.25) is 0 Å². The summed E-state index contributed by atoms with van der Waals surface area (Å²) in [7, 11) is 0. The normalized spacial score (nSPS) is 19.2. The lowest BCUT2D eigenvalue weighted by Gasteiger charge is -2.21. The number of rotatable bonds is 2. The Balaban J connectivity index is 1.98. The van der Waals surface area contributed by atoms with Crippen molar-refractivity contribution in [3.8, 4) is 0 Å². The fraction of sp³-hybridized carbons (Fsp3) is 0.294. The monoisotopic (exact) mass is 270 g/mol. The van der Waals surface area contributed by atoms with Crippen molar-refractivity contribution in [3.63, 3.8) is 0 Å². The molecule has 2 unspecified atom stereocenters. The number of aliphatic hydroxyl groups excluding tert-OH is 1. The highest BCUT2D eigenvalue weighted by Crippen LogP contribution is 2.45. The van der Waals surface area contributed by atoms with Gasteiger partial charge in [-0.15, -0.1) is 11.8 Å². The summed E-state index contributed by atoms with van der Waals surface area (Å²) in [5.41, 5.74) is 4.82. The lowest BCUT2D eigenvalue weighted by atomic mass is 9.88. The minimum absolute atomic E-state index is 0.210. The molecule has 0 radical (unpaired) electrons. The van der Waals surface area contributed by atoms with Gasteiger partial charge in [-0.25, -0.2) is 0 Å². The zero-order valence-electron chi connectivity index (χ0n) is 11.3. The van der Waals surface area contributed by atoms with Crippen LogP contribution >= 0.6 is 11.8 Å². The van der Waals surface area contributed by atoms with Crippen molar-refractivity contribution >= 4 is 11.8 Å². The Hall–Kier alpha value is -1.25. The second-order valence-corrected chi connectivity index (χ2v) is 6.25. The summed E-state index contributed by atoms with van der Waals surface area (Å²) < 4.78 is 0. The molecule has 1 aliphatic rings. The molecule has 1 aliphatic heterocycles. The number of aryl methyl sites for hydroxylation is 1. The third-order valence-corrected chi connectivity index (χ3v) is 5.29. The molecule has 0 saturated carbocycles. The number of aliphatic hydroxyl groups is 1. The molecule has 1 nitrogen and oxygen atoms in total. The third-order valence-electron chi connectivity index (χ3n) is 4.08. The Kier molecular flexibility index (Phi) is 3.38. The first kappa shape index (κ1) is 12.8. The molecule has 2 heteroatoms. The summed E-state index contributed by atoms with van der Waals surface area (Å²) >= 11 is 1.85. The molecule has 19 heavy (non-hydrogen) atoms. The molecular weight excluding hydrogens is 252 g/mol. The van der Waals surface area contributed by atoms with Gasteiger partial charge in [-0.1, -0.05) is 36.4 Å². The van der Waals surface area contributed by atoms with Crippen LogP contribution in [0.1, 0.15) is 34.3 Å². The maximum atomic E-state index is 10.8. The average Bonchev–Trinajstić information content (AvgIpc) is 2.85.